The number of amides is 2. The number of hydrogen-bond acceptors (Lipinski definition) is 8. The van der Waals surface area contributed by atoms with Crippen LogP contribution in [0.3, 0.4) is 0 Å². The van der Waals surface area contributed by atoms with E-state index in [1.807, 2.05) is 30.3 Å². The number of esters is 1. The molecule has 0 radical (unpaired) electrons. The Morgan fingerprint density at radius 2 is 1.25 bits per heavy atom. The number of carbonyl (C=O) groups excluding carboxylic acids is 3. The molecule has 1 aromatic carbocycles. The molecule has 7 rings (SSSR count). The highest BCUT2D eigenvalue weighted by molar-refractivity contribution is 7.90. The normalized spacial score (nSPS) is 35.4. The van der Waals surface area contributed by atoms with Crippen LogP contribution in [0.5, 0.6) is 0 Å². The molecule has 1 aromatic rings. The third-order valence-corrected chi connectivity index (χ3v) is 18.7. The fourth-order valence-electron chi connectivity index (χ4n) is 11.8. The first-order chi connectivity index (χ1) is 24.1. The van der Waals surface area contributed by atoms with E-state index < -0.39 is 78.2 Å². The van der Waals surface area contributed by atoms with Gasteiger partial charge in [0.05, 0.1) is 35.4 Å². The summed E-state index contributed by atoms with van der Waals surface area (Å²) in [4.78, 5) is 42.3. The van der Waals surface area contributed by atoms with Gasteiger partial charge in [-0.05, 0) is 100 Å². The summed E-state index contributed by atoms with van der Waals surface area (Å²) in [6.45, 7) is 13.8. The molecule has 4 bridgehead atoms. The molecule has 8 atom stereocenters. The Labute approximate surface area is 310 Å². The molecule has 12 heteroatoms. The zero-order chi connectivity index (χ0) is 37.9. The Morgan fingerprint density at radius 3 is 1.71 bits per heavy atom. The van der Waals surface area contributed by atoms with E-state index in [-0.39, 0.29) is 41.6 Å². The van der Waals surface area contributed by atoms with E-state index in [9.17, 15) is 31.2 Å². The number of ether oxygens (including phenoxy) is 1. The van der Waals surface area contributed by atoms with Gasteiger partial charge in [0.2, 0.25) is 31.9 Å². The lowest BCUT2D eigenvalue weighted by Crippen LogP contribution is -2.47. The van der Waals surface area contributed by atoms with Gasteiger partial charge in [-0.1, -0.05) is 70.2 Å². The van der Waals surface area contributed by atoms with Crippen molar-refractivity contribution >= 4 is 37.8 Å². The number of sulfonamides is 2. The molecule has 0 aromatic heterocycles. The number of hydrogen-bond donors (Lipinski definition) is 0. The highest BCUT2D eigenvalue weighted by Crippen LogP contribution is 2.71. The smallest absolute Gasteiger partial charge is 0.306 e. The molecule has 2 heterocycles. The first kappa shape index (κ1) is 37.6. The van der Waals surface area contributed by atoms with E-state index in [0.29, 0.717) is 24.7 Å². The van der Waals surface area contributed by atoms with Gasteiger partial charge in [0.15, 0.2) is 0 Å². The molecule has 6 fully saturated rings. The predicted molar refractivity (Wildman–Crippen MR) is 197 cm³/mol. The molecule has 2 spiro atoms. The monoisotopic (exact) mass is 756 g/mol. The van der Waals surface area contributed by atoms with Crippen LogP contribution >= 0.6 is 0 Å². The first-order valence-electron chi connectivity index (χ1n) is 19.1. The van der Waals surface area contributed by atoms with Crippen molar-refractivity contribution in [1.82, 2.24) is 8.61 Å². The topological polar surface area (TPSA) is 135 Å². The van der Waals surface area contributed by atoms with Crippen LogP contribution in [-0.4, -0.2) is 72.4 Å². The summed E-state index contributed by atoms with van der Waals surface area (Å²) in [5.74, 6) is -3.09. The summed E-state index contributed by atoms with van der Waals surface area (Å²) >= 11 is 0. The van der Waals surface area contributed by atoms with Crippen molar-refractivity contribution in [1.29, 1.82) is 0 Å². The molecular weight excluding hydrogens is 701 g/mol. The second-order valence-electron chi connectivity index (χ2n) is 18.9. The lowest BCUT2D eigenvalue weighted by atomic mass is 9.69. The number of carbonyl (C=O) groups is 3. The van der Waals surface area contributed by atoms with Gasteiger partial charge in [0.1, 0.15) is 5.60 Å². The molecular formula is C40H56N2O8S2. The first-order valence-corrected chi connectivity index (χ1v) is 22.3. The molecule has 0 N–H and O–H groups in total. The Bertz CT molecular complexity index is 1900. The van der Waals surface area contributed by atoms with Crippen molar-refractivity contribution in [2.45, 2.75) is 124 Å². The van der Waals surface area contributed by atoms with Crippen LogP contribution < -0.4 is 0 Å². The van der Waals surface area contributed by atoms with E-state index in [2.05, 4.69) is 27.7 Å². The molecule has 286 valence electrons. The minimum Gasteiger partial charge on any atom is -0.460 e. The van der Waals surface area contributed by atoms with Gasteiger partial charge < -0.3 is 4.74 Å². The molecule has 6 aliphatic rings. The summed E-state index contributed by atoms with van der Waals surface area (Å²) in [6.07, 6.45) is 7.89. The van der Waals surface area contributed by atoms with Crippen LogP contribution in [0.15, 0.2) is 42.5 Å². The molecule has 52 heavy (non-hydrogen) atoms. The largest absolute Gasteiger partial charge is 0.460 e. The SMILES string of the molecule is CC(C)(C)OC(=O)CC[C@@H](/C=C/[C@H](Cc1ccccc1)C(=O)N1[C@H]2CC3CCC2(CS1(=O)=O)C3(C)C)C(=O)N1[C@H]2CC3CCC2(CS1(=O)=O)C3(C)C. The van der Waals surface area contributed by atoms with Gasteiger partial charge >= 0.3 is 5.97 Å². The van der Waals surface area contributed by atoms with Gasteiger partial charge in [-0.3, -0.25) is 14.4 Å². The Hall–Kier alpha value is -2.73. The molecule has 4 aliphatic carbocycles. The zero-order valence-electron chi connectivity index (χ0n) is 31.8. The lowest BCUT2D eigenvalue weighted by molar-refractivity contribution is -0.155. The van der Waals surface area contributed by atoms with Crippen LogP contribution in [0, 0.1) is 45.3 Å². The second-order valence-corrected chi connectivity index (χ2v) is 22.6. The minimum absolute atomic E-state index is 0.0152. The van der Waals surface area contributed by atoms with Crippen LogP contribution in [0.25, 0.3) is 0 Å². The quantitative estimate of drug-likeness (QED) is 0.226. The van der Waals surface area contributed by atoms with Crippen molar-refractivity contribution in [3.05, 3.63) is 48.0 Å². The van der Waals surface area contributed by atoms with Gasteiger partial charge in [-0.2, -0.15) is 0 Å². The zero-order valence-corrected chi connectivity index (χ0v) is 33.4. The number of fused-ring (bicyclic) bond motifs is 2. The van der Waals surface area contributed by atoms with E-state index in [0.717, 1.165) is 35.6 Å². The summed E-state index contributed by atoms with van der Waals surface area (Å²) in [7, 11) is -7.86. The average Bonchev–Trinajstić information content (AvgIpc) is 3.73. The van der Waals surface area contributed by atoms with Crippen LogP contribution in [-0.2, 0) is 45.6 Å². The van der Waals surface area contributed by atoms with Crippen molar-refractivity contribution in [3.63, 3.8) is 0 Å². The Kier molecular flexibility index (Phi) is 8.77. The third-order valence-electron chi connectivity index (χ3n) is 14.8. The maximum Gasteiger partial charge on any atom is 0.306 e. The van der Waals surface area contributed by atoms with E-state index in [1.54, 1.807) is 32.9 Å². The maximum atomic E-state index is 14.7. The number of nitrogens with zero attached hydrogens (tertiary/aromatic N) is 2. The molecule has 2 saturated heterocycles. The van der Waals surface area contributed by atoms with Gasteiger partial charge in [-0.15, -0.1) is 0 Å². The van der Waals surface area contributed by atoms with Crippen LogP contribution in [0.2, 0.25) is 0 Å². The van der Waals surface area contributed by atoms with Gasteiger partial charge in [0.25, 0.3) is 0 Å². The molecule has 2 amide bonds. The fourth-order valence-corrected chi connectivity index (χ4v) is 17.0. The van der Waals surface area contributed by atoms with Gasteiger partial charge in [-0.25, -0.2) is 25.4 Å². The standard InChI is InChI=1S/C40H56N2O8S2/c1-36(2,3)50-33(43)16-15-27(34(44)41-31-22-29-17-19-39(31,37(29,4)5)24-51(41,46)47)13-14-28(21-26-11-9-8-10-12-26)35(45)42-32-23-30-18-20-40(32,38(30,6)7)25-52(42,48)49/h8-14,27-32H,15-25H2,1-7H3/b14-13+/t27-,28-,29?,30?,31+,32+,39?,40?/m1/s1. The summed E-state index contributed by atoms with van der Waals surface area (Å²) in [5, 5.41) is 0. The number of rotatable bonds is 9. The second kappa shape index (κ2) is 12.1. The fraction of sp³-hybridized carbons (Fsp3) is 0.725. The Balaban J connectivity index is 1.23. The van der Waals surface area contributed by atoms with Crippen molar-refractivity contribution < 1.29 is 36.0 Å². The number of benzene rings is 1. The minimum atomic E-state index is -3.95. The maximum absolute atomic E-state index is 14.7. The molecule has 2 aliphatic heterocycles. The Morgan fingerprint density at radius 1 is 0.788 bits per heavy atom. The summed E-state index contributed by atoms with van der Waals surface area (Å²) in [6, 6.07) is 8.48. The van der Waals surface area contributed by atoms with Crippen LogP contribution in [0.1, 0.15) is 105 Å². The predicted octanol–water partition coefficient (Wildman–Crippen LogP) is 5.87. The van der Waals surface area contributed by atoms with Crippen molar-refractivity contribution in [2.24, 2.45) is 45.3 Å². The van der Waals surface area contributed by atoms with Crippen molar-refractivity contribution in [3.8, 4) is 0 Å². The van der Waals surface area contributed by atoms with Gasteiger partial charge in [0, 0.05) is 17.3 Å². The average molecular weight is 757 g/mol. The van der Waals surface area contributed by atoms with E-state index in [1.165, 1.54) is 4.31 Å². The third kappa shape index (κ3) is 5.61. The molecule has 10 nitrogen and oxygen atoms in total. The van der Waals surface area contributed by atoms with Crippen LogP contribution in [0.4, 0.5) is 0 Å². The van der Waals surface area contributed by atoms with E-state index >= 15 is 0 Å². The summed E-state index contributed by atoms with van der Waals surface area (Å²) in [5.41, 5.74) is -1.38. The lowest BCUT2D eigenvalue weighted by Gasteiger charge is -2.37. The molecule has 4 unspecified atom stereocenters. The van der Waals surface area contributed by atoms with E-state index in [4.69, 9.17) is 4.74 Å². The van der Waals surface area contributed by atoms with Crippen molar-refractivity contribution in [2.75, 3.05) is 11.5 Å². The highest BCUT2D eigenvalue weighted by atomic mass is 32.2. The summed E-state index contributed by atoms with van der Waals surface area (Å²) < 4.78 is 63.6. The molecule has 4 saturated carbocycles. The highest BCUT2D eigenvalue weighted by Gasteiger charge is 2.73.